The van der Waals surface area contributed by atoms with Crippen molar-refractivity contribution >= 4 is 52.6 Å². The van der Waals surface area contributed by atoms with Gasteiger partial charge in [-0.05, 0) is 66.1 Å². The van der Waals surface area contributed by atoms with Crippen LogP contribution in [0.1, 0.15) is 43.4 Å². The lowest BCUT2D eigenvalue weighted by atomic mass is 10.0. The van der Waals surface area contributed by atoms with Gasteiger partial charge in [0.2, 0.25) is 17.7 Å². The number of benzene rings is 3. The van der Waals surface area contributed by atoms with Crippen molar-refractivity contribution in [2.24, 2.45) is 11.7 Å². The van der Waals surface area contributed by atoms with Gasteiger partial charge in [-0.1, -0.05) is 50.2 Å². The maximum absolute atomic E-state index is 13.5. The molecule has 15 nitrogen and oxygen atoms in total. The Hall–Kier alpha value is -6.38. The van der Waals surface area contributed by atoms with Crippen LogP contribution < -0.4 is 31.9 Å². The number of nitro benzene ring substituents is 1. The summed E-state index contributed by atoms with van der Waals surface area (Å²) in [6.45, 7) is 3.68. The fourth-order valence-electron chi connectivity index (χ4n) is 5.32. The van der Waals surface area contributed by atoms with E-state index in [1.54, 1.807) is 62.4 Å². The molecule has 1 heterocycles. The molecule has 1 aliphatic heterocycles. The van der Waals surface area contributed by atoms with Crippen molar-refractivity contribution in [1.82, 2.24) is 16.0 Å². The van der Waals surface area contributed by atoms with Crippen molar-refractivity contribution in [3.05, 3.63) is 112 Å². The van der Waals surface area contributed by atoms with Gasteiger partial charge in [-0.25, -0.2) is 9.69 Å². The molecule has 3 aromatic carbocycles. The van der Waals surface area contributed by atoms with E-state index in [4.69, 9.17) is 5.73 Å². The number of carbonyl (C=O) groups is 6. The van der Waals surface area contributed by atoms with E-state index in [9.17, 15) is 38.9 Å². The summed E-state index contributed by atoms with van der Waals surface area (Å²) < 4.78 is 0. The first-order chi connectivity index (χ1) is 24.3. The number of hydrogen-bond acceptors (Lipinski definition) is 8. The summed E-state index contributed by atoms with van der Waals surface area (Å²) in [7, 11) is 0. The Morgan fingerprint density at radius 3 is 1.92 bits per heavy atom. The molecular weight excluding hydrogens is 658 g/mol. The van der Waals surface area contributed by atoms with Crippen molar-refractivity contribution in [2.75, 3.05) is 16.8 Å². The molecule has 0 aromatic heterocycles. The van der Waals surface area contributed by atoms with Crippen LogP contribution >= 0.6 is 0 Å². The number of urea groups is 1. The van der Waals surface area contributed by atoms with E-state index in [0.717, 1.165) is 16.0 Å². The fourth-order valence-corrected chi connectivity index (χ4v) is 5.32. The standard InChI is InChI=1S/C36H39N7O8/c1-22(2)33(41-30(44)21-25-7-13-27(14-8-25)42-31(45)17-18-32(42)46)35(48)40-29(4-3-19-38-36(37)49)34(47)39-26-11-5-23(6-12-26)20-24-9-15-28(16-10-24)43(50)51/h5-18,22,29,33H,3-4,19-21H2,1-2H3,(H,39,47)(H,40,48)(H,41,44)(H3,37,38,49)/t29-,33-/m0/s1. The molecular formula is C36H39N7O8. The van der Waals surface area contributed by atoms with E-state index in [0.29, 0.717) is 29.8 Å². The molecule has 7 amide bonds. The molecule has 15 heteroatoms. The summed E-state index contributed by atoms with van der Waals surface area (Å²) in [4.78, 5) is 86.5. The third kappa shape index (κ3) is 10.8. The topological polar surface area (TPSA) is 223 Å². The quantitative estimate of drug-likeness (QED) is 0.0646. The molecule has 0 spiro atoms. The Labute approximate surface area is 293 Å². The fraction of sp³-hybridized carbons (Fsp3) is 0.278. The van der Waals surface area contributed by atoms with E-state index < -0.39 is 52.6 Å². The molecule has 0 fully saturated rings. The smallest absolute Gasteiger partial charge is 0.312 e. The first-order valence-corrected chi connectivity index (χ1v) is 16.2. The molecule has 6 N–H and O–H groups in total. The highest BCUT2D eigenvalue weighted by Gasteiger charge is 2.29. The number of amides is 7. The summed E-state index contributed by atoms with van der Waals surface area (Å²) >= 11 is 0. The van der Waals surface area contributed by atoms with Gasteiger partial charge < -0.3 is 27.0 Å². The highest BCUT2D eigenvalue weighted by Crippen LogP contribution is 2.20. The van der Waals surface area contributed by atoms with Crippen LogP contribution in [0.25, 0.3) is 0 Å². The number of nitrogens with one attached hydrogen (secondary N) is 4. The van der Waals surface area contributed by atoms with Gasteiger partial charge in [0.15, 0.2) is 0 Å². The van der Waals surface area contributed by atoms with Gasteiger partial charge in [-0.2, -0.15) is 0 Å². The molecule has 0 saturated heterocycles. The van der Waals surface area contributed by atoms with E-state index in [1.165, 1.54) is 24.3 Å². The second-order valence-electron chi connectivity index (χ2n) is 12.3. The third-order valence-electron chi connectivity index (χ3n) is 8.01. The molecule has 0 radical (unpaired) electrons. The predicted octanol–water partition coefficient (Wildman–Crippen LogP) is 2.87. The number of hydrogen-bond donors (Lipinski definition) is 5. The van der Waals surface area contributed by atoms with Crippen molar-refractivity contribution < 1.29 is 33.7 Å². The predicted molar refractivity (Wildman–Crippen MR) is 188 cm³/mol. The van der Waals surface area contributed by atoms with Gasteiger partial charge >= 0.3 is 6.03 Å². The zero-order valence-electron chi connectivity index (χ0n) is 28.1. The summed E-state index contributed by atoms with van der Waals surface area (Å²) in [5.41, 5.74) is 8.36. The van der Waals surface area contributed by atoms with Crippen molar-refractivity contribution in [2.45, 2.75) is 51.6 Å². The van der Waals surface area contributed by atoms with E-state index in [-0.39, 0.29) is 31.0 Å². The van der Waals surface area contributed by atoms with Crippen molar-refractivity contribution in [3.63, 3.8) is 0 Å². The van der Waals surface area contributed by atoms with Crippen LogP contribution in [0.5, 0.6) is 0 Å². The number of rotatable bonds is 16. The Kier molecular flexibility index (Phi) is 12.7. The van der Waals surface area contributed by atoms with Crippen LogP contribution in [0, 0.1) is 16.0 Å². The lowest BCUT2D eigenvalue weighted by Crippen LogP contribution is -2.54. The number of nitrogens with zero attached hydrogens (tertiary/aromatic N) is 2. The highest BCUT2D eigenvalue weighted by molar-refractivity contribution is 6.28. The first kappa shape index (κ1) is 37.4. The molecule has 1 aliphatic rings. The normalized spacial score (nSPS) is 13.4. The molecule has 0 aliphatic carbocycles. The minimum atomic E-state index is -1.02. The van der Waals surface area contributed by atoms with Crippen LogP contribution in [-0.4, -0.2) is 59.1 Å². The Morgan fingerprint density at radius 1 is 0.804 bits per heavy atom. The van der Waals surface area contributed by atoms with Gasteiger partial charge in [0.25, 0.3) is 17.5 Å². The minimum absolute atomic E-state index is 0.00335. The second kappa shape index (κ2) is 17.3. The molecule has 4 rings (SSSR count). The van der Waals surface area contributed by atoms with Crippen LogP contribution in [0.3, 0.4) is 0 Å². The van der Waals surface area contributed by atoms with Crippen LogP contribution in [0.15, 0.2) is 84.9 Å². The molecule has 2 atom stereocenters. The maximum atomic E-state index is 13.5. The van der Waals surface area contributed by atoms with Gasteiger partial charge in [-0.15, -0.1) is 0 Å². The second-order valence-corrected chi connectivity index (χ2v) is 12.3. The van der Waals surface area contributed by atoms with Crippen LogP contribution in [0.4, 0.5) is 21.9 Å². The molecule has 0 saturated carbocycles. The lowest BCUT2D eigenvalue weighted by Gasteiger charge is -2.25. The SMILES string of the molecule is CC(C)[C@H](NC(=O)Cc1ccc(N2C(=O)C=CC2=O)cc1)C(=O)N[C@@H](CCCNC(N)=O)C(=O)Nc1ccc(Cc2ccc([N+](=O)[O-])cc2)cc1. The number of non-ortho nitro benzene ring substituents is 1. The minimum Gasteiger partial charge on any atom is -0.352 e. The van der Waals surface area contributed by atoms with Crippen molar-refractivity contribution in [1.29, 1.82) is 0 Å². The summed E-state index contributed by atoms with van der Waals surface area (Å²) in [6.07, 6.45) is 3.26. The largest absolute Gasteiger partial charge is 0.352 e. The monoisotopic (exact) mass is 697 g/mol. The molecule has 0 bridgehead atoms. The number of carbonyl (C=O) groups excluding carboxylic acids is 6. The Bertz CT molecular complexity index is 1790. The number of anilines is 2. The maximum Gasteiger partial charge on any atom is 0.312 e. The van der Waals surface area contributed by atoms with Gasteiger partial charge in [0.05, 0.1) is 17.0 Å². The summed E-state index contributed by atoms with van der Waals surface area (Å²) in [5, 5.41) is 21.7. The van der Waals surface area contributed by atoms with Crippen LogP contribution in [0.2, 0.25) is 0 Å². The van der Waals surface area contributed by atoms with Gasteiger partial charge in [0, 0.05) is 36.5 Å². The van der Waals surface area contributed by atoms with E-state index in [1.807, 2.05) is 12.1 Å². The average Bonchev–Trinajstić information content (AvgIpc) is 3.43. The molecule has 51 heavy (non-hydrogen) atoms. The Morgan fingerprint density at radius 2 is 1.37 bits per heavy atom. The number of nitro groups is 1. The van der Waals surface area contributed by atoms with Crippen LogP contribution in [-0.2, 0) is 36.8 Å². The molecule has 0 unspecified atom stereocenters. The van der Waals surface area contributed by atoms with E-state index in [2.05, 4.69) is 21.3 Å². The zero-order valence-corrected chi connectivity index (χ0v) is 28.1. The summed E-state index contributed by atoms with van der Waals surface area (Å²) in [5.74, 6) is -2.80. The van der Waals surface area contributed by atoms with Crippen molar-refractivity contribution in [3.8, 4) is 0 Å². The van der Waals surface area contributed by atoms with Gasteiger partial charge in [0.1, 0.15) is 12.1 Å². The third-order valence-corrected chi connectivity index (χ3v) is 8.01. The summed E-state index contributed by atoms with van der Waals surface area (Å²) in [6, 6.07) is 16.9. The average molecular weight is 698 g/mol. The first-order valence-electron chi connectivity index (χ1n) is 16.2. The highest BCUT2D eigenvalue weighted by atomic mass is 16.6. The number of primary amides is 1. The zero-order chi connectivity index (χ0) is 37.1. The Balaban J connectivity index is 1.37. The lowest BCUT2D eigenvalue weighted by molar-refractivity contribution is -0.384. The number of imide groups is 1. The van der Waals surface area contributed by atoms with Gasteiger partial charge in [-0.3, -0.25) is 34.1 Å². The number of nitrogens with two attached hydrogens (primary N) is 1. The molecule has 266 valence electrons. The molecule has 3 aromatic rings. The van der Waals surface area contributed by atoms with E-state index >= 15 is 0 Å².